The van der Waals surface area contributed by atoms with Crippen LogP contribution in [-0.4, -0.2) is 20.8 Å². The Morgan fingerprint density at radius 2 is 2.11 bits per heavy atom. The summed E-state index contributed by atoms with van der Waals surface area (Å²) in [4.78, 5) is 11.3. The number of thioether (sulfide) groups is 1. The zero-order valence-electron chi connectivity index (χ0n) is 10.1. The Morgan fingerprint density at radius 1 is 1.37 bits per heavy atom. The number of aromatic nitrogens is 3. The number of hydrogen-bond donors (Lipinski definition) is 3. The van der Waals surface area contributed by atoms with Crippen LogP contribution in [0.2, 0.25) is 0 Å². The summed E-state index contributed by atoms with van der Waals surface area (Å²) in [5, 5.41) is 8.22. The number of carbonyl (C=O) groups excluding carboxylic acids is 1. The standard InChI is InChI=1S/C11H14N6OS/c12-15-10(18)5-8-3-1-2-4-9(8)6-19-11-16-14-7-17(11)13/h1-4,7H,5-6,12-13H2,(H,15,18). The van der Waals surface area contributed by atoms with Crippen LogP contribution in [0, 0.1) is 0 Å². The maximum Gasteiger partial charge on any atom is 0.238 e. The lowest BCUT2D eigenvalue weighted by atomic mass is 10.1. The van der Waals surface area contributed by atoms with Gasteiger partial charge in [-0.15, -0.1) is 10.2 Å². The number of carbonyl (C=O) groups is 1. The van der Waals surface area contributed by atoms with E-state index in [9.17, 15) is 4.79 Å². The van der Waals surface area contributed by atoms with E-state index in [1.807, 2.05) is 24.3 Å². The van der Waals surface area contributed by atoms with Crippen molar-refractivity contribution >= 4 is 17.7 Å². The molecule has 0 aliphatic rings. The second-order valence-electron chi connectivity index (χ2n) is 3.82. The number of nitrogen functional groups attached to an aromatic ring is 1. The highest BCUT2D eigenvalue weighted by atomic mass is 32.2. The molecular weight excluding hydrogens is 264 g/mol. The predicted octanol–water partition coefficient (Wildman–Crippen LogP) is -0.183. The van der Waals surface area contributed by atoms with Crippen molar-refractivity contribution < 1.29 is 4.79 Å². The van der Waals surface area contributed by atoms with E-state index in [0.717, 1.165) is 11.1 Å². The summed E-state index contributed by atoms with van der Waals surface area (Å²) in [7, 11) is 0. The Balaban J connectivity index is 2.07. The Labute approximate surface area is 114 Å². The number of nitrogens with one attached hydrogen (secondary N) is 1. The Bertz CT molecular complexity index is 570. The van der Waals surface area contributed by atoms with Crippen molar-refractivity contribution in [1.82, 2.24) is 20.3 Å². The van der Waals surface area contributed by atoms with Gasteiger partial charge in [0.05, 0.1) is 6.42 Å². The molecule has 1 aromatic heterocycles. The van der Waals surface area contributed by atoms with Gasteiger partial charge in [-0.3, -0.25) is 10.2 Å². The van der Waals surface area contributed by atoms with E-state index in [-0.39, 0.29) is 12.3 Å². The molecule has 7 nitrogen and oxygen atoms in total. The van der Waals surface area contributed by atoms with Crippen LogP contribution in [-0.2, 0) is 17.0 Å². The zero-order chi connectivity index (χ0) is 13.7. The highest BCUT2D eigenvalue weighted by Gasteiger charge is 2.09. The summed E-state index contributed by atoms with van der Waals surface area (Å²) in [6.45, 7) is 0. The Hall–Kier alpha value is -2.06. The van der Waals surface area contributed by atoms with E-state index < -0.39 is 0 Å². The van der Waals surface area contributed by atoms with Gasteiger partial charge in [0.15, 0.2) is 0 Å². The average molecular weight is 278 g/mol. The van der Waals surface area contributed by atoms with Crippen molar-refractivity contribution in [2.45, 2.75) is 17.3 Å². The molecule has 2 rings (SSSR count). The highest BCUT2D eigenvalue weighted by Crippen LogP contribution is 2.22. The molecule has 100 valence electrons. The second kappa shape index (κ2) is 6.21. The lowest BCUT2D eigenvalue weighted by Gasteiger charge is -2.08. The molecule has 0 fully saturated rings. The molecule has 1 heterocycles. The highest BCUT2D eigenvalue weighted by molar-refractivity contribution is 7.98. The molecule has 0 atom stereocenters. The Morgan fingerprint density at radius 3 is 2.74 bits per heavy atom. The maximum absolute atomic E-state index is 11.3. The summed E-state index contributed by atoms with van der Waals surface area (Å²) in [6.07, 6.45) is 1.69. The van der Waals surface area contributed by atoms with Crippen LogP contribution in [0.5, 0.6) is 0 Å². The normalized spacial score (nSPS) is 10.4. The number of nitrogens with zero attached hydrogens (tertiary/aromatic N) is 3. The summed E-state index contributed by atoms with van der Waals surface area (Å²) < 4.78 is 1.36. The second-order valence-corrected chi connectivity index (χ2v) is 4.76. The third kappa shape index (κ3) is 3.46. The molecule has 19 heavy (non-hydrogen) atoms. The lowest BCUT2D eigenvalue weighted by Crippen LogP contribution is -2.31. The van der Waals surface area contributed by atoms with E-state index in [2.05, 4.69) is 15.6 Å². The molecule has 0 aliphatic carbocycles. The van der Waals surface area contributed by atoms with Gasteiger partial charge >= 0.3 is 0 Å². The first-order chi connectivity index (χ1) is 9.20. The molecule has 5 N–H and O–H groups in total. The van der Waals surface area contributed by atoms with Gasteiger partial charge in [-0.2, -0.15) is 0 Å². The summed E-state index contributed by atoms with van der Waals surface area (Å²) >= 11 is 1.46. The van der Waals surface area contributed by atoms with E-state index in [4.69, 9.17) is 11.7 Å². The van der Waals surface area contributed by atoms with Crippen LogP contribution in [0.3, 0.4) is 0 Å². The minimum atomic E-state index is -0.223. The number of benzene rings is 1. The molecule has 0 saturated carbocycles. The van der Waals surface area contributed by atoms with Crippen molar-refractivity contribution in [3.05, 3.63) is 41.7 Å². The summed E-state index contributed by atoms with van der Waals surface area (Å²) in [6, 6.07) is 7.67. The number of hydrazine groups is 1. The number of amides is 1. The molecule has 2 aromatic rings. The van der Waals surface area contributed by atoms with Gasteiger partial charge in [0, 0.05) is 5.75 Å². The van der Waals surface area contributed by atoms with Crippen molar-refractivity contribution in [2.24, 2.45) is 5.84 Å². The number of rotatable bonds is 5. The summed E-state index contributed by atoms with van der Waals surface area (Å²) in [5.41, 5.74) is 4.10. The van der Waals surface area contributed by atoms with E-state index >= 15 is 0 Å². The molecule has 0 bridgehead atoms. The third-order valence-electron chi connectivity index (χ3n) is 2.53. The molecular formula is C11H14N6OS. The largest absolute Gasteiger partial charge is 0.336 e. The Kier molecular flexibility index (Phi) is 4.37. The van der Waals surface area contributed by atoms with Gasteiger partial charge in [-0.05, 0) is 11.1 Å². The molecule has 1 aromatic carbocycles. The predicted molar refractivity (Wildman–Crippen MR) is 72.2 cm³/mol. The van der Waals surface area contributed by atoms with Crippen LogP contribution < -0.4 is 17.1 Å². The van der Waals surface area contributed by atoms with Gasteiger partial charge in [0.2, 0.25) is 11.1 Å². The maximum atomic E-state index is 11.3. The topological polar surface area (TPSA) is 112 Å². The van der Waals surface area contributed by atoms with Crippen LogP contribution in [0.4, 0.5) is 0 Å². The van der Waals surface area contributed by atoms with Crippen molar-refractivity contribution in [2.75, 3.05) is 5.84 Å². The molecule has 0 spiro atoms. The molecule has 8 heteroatoms. The minimum absolute atomic E-state index is 0.223. The fraction of sp³-hybridized carbons (Fsp3) is 0.182. The molecule has 0 radical (unpaired) electrons. The monoisotopic (exact) mass is 278 g/mol. The number of hydrogen-bond acceptors (Lipinski definition) is 6. The van der Waals surface area contributed by atoms with Gasteiger partial charge in [-0.1, -0.05) is 36.0 Å². The minimum Gasteiger partial charge on any atom is -0.336 e. The smallest absolute Gasteiger partial charge is 0.238 e. The van der Waals surface area contributed by atoms with Crippen molar-refractivity contribution in [3.63, 3.8) is 0 Å². The molecule has 1 amide bonds. The number of nitrogens with two attached hydrogens (primary N) is 2. The quantitative estimate of drug-likeness (QED) is 0.303. The van der Waals surface area contributed by atoms with Gasteiger partial charge < -0.3 is 5.84 Å². The molecule has 0 unspecified atom stereocenters. The third-order valence-corrected chi connectivity index (χ3v) is 3.53. The molecule has 0 saturated heterocycles. The van der Waals surface area contributed by atoms with Crippen LogP contribution in [0.1, 0.15) is 11.1 Å². The van der Waals surface area contributed by atoms with Crippen LogP contribution in [0.25, 0.3) is 0 Å². The van der Waals surface area contributed by atoms with E-state index in [0.29, 0.717) is 10.9 Å². The SMILES string of the molecule is NNC(=O)Cc1ccccc1CSc1nncn1N. The van der Waals surface area contributed by atoms with Gasteiger partial charge in [0.1, 0.15) is 6.33 Å². The average Bonchev–Trinajstić information content (AvgIpc) is 2.83. The molecule has 0 aliphatic heterocycles. The van der Waals surface area contributed by atoms with Gasteiger partial charge in [-0.25, -0.2) is 10.5 Å². The first-order valence-electron chi connectivity index (χ1n) is 5.55. The van der Waals surface area contributed by atoms with E-state index in [1.54, 1.807) is 0 Å². The first kappa shape index (κ1) is 13.4. The zero-order valence-corrected chi connectivity index (χ0v) is 10.9. The fourth-order valence-electron chi connectivity index (χ4n) is 1.57. The van der Waals surface area contributed by atoms with Crippen LogP contribution >= 0.6 is 11.8 Å². The summed E-state index contributed by atoms with van der Waals surface area (Å²) in [5.74, 6) is 11.2. The lowest BCUT2D eigenvalue weighted by molar-refractivity contribution is -0.120. The van der Waals surface area contributed by atoms with E-state index in [1.165, 1.54) is 22.8 Å². The van der Waals surface area contributed by atoms with Crippen molar-refractivity contribution in [1.29, 1.82) is 0 Å². The van der Waals surface area contributed by atoms with Crippen LogP contribution in [0.15, 0.2) is 35.7 Å². The van der Waals surface area contributed by atoms with Crippen molar-refractivity contribution in [3.8, 4) is 0 Å². The first-order valence-corrected chi connectivity index (χ1v) is 6.53. The fourth-order valence-corrected chi connectivity index (χ4v) is 2.44. The van der Waals surface area contributed by atoms with Gasteiger partial charge in [0.25, 0.3) is 0 Å².